The molecule has 7 nitrogen and oxygen atoms in total. The third kappa shape index (κ3) is 7.03. The second-order valence-electron chi connectivity index (χ2n) is 5.66. The minimum atomic E-state index is -0.855. The highest BCUT2D eigenvalue weighted by Gasteiger charge is 2.29. The summed E-state index contributed by atoms with van der Waals surface area (Å²) in [6, 6.07) is 2.16. The summed E-state index contributed by atoms with van der Waals surface area (Å²) < 4.78 is 5.99. The van der Waals surface area contributed by atoms with Crippen molar-refractivity contribution in [3.05, 3.63) is 0 Å². The molecule has 1 heterocycles. The Morgan fingerprint density at radius 1 is 1.50 bits per heavy atom. The maximum absolute atomic E-state index is 12.0. The fraction of sp³-hybridized carbons (Fsp3) is 0.733. The molecule has 0 aliphatic rings. The van der Waals surface area contributed by atoms with E-state index in [1.165, 1.54) is 23.1 Å². The summed E-state index contributed by atoms with van der Waals surface area (Å²) in [7, 11) is 0. The van der Waals surface area contributed by atoms with Gasteiger partial charge in [-0.1, -0.05) is 36.9 Å². The summed E-state index contributed by atoms with van der Waals surface area (Å²) >= 11 is 2.73. The van der Waals surface area contributed by atoms with Crippen LogP contribution in [0.1, 0.15) is 34.1 Å². The number of thioether (sulfide) groups is 1. The molecule has 0 saturated carbocycles. The van der Waals surface area contributed by atoms with Gasteiger partial charge in [-0.25, -0.2) is 0 Å². The topological polar surface area (TPSA) is 99.9 Å². The van der Waals surface area contributed by atoms with E-state index in [1.54, 1.807) is 6.92 Å². The number of hydrogen-bond donors (Lipinski definition) is 2. The zero-order valence-corrected chi connectivity index (χ0v) is 16.2. The van der Waals surface area contributed by atoms with Crippen molar-refractivity contribution in [2.24, 2.45) is 5.92 Å². The molecule has 0 fully saturated rings. The average molecular weight is 372 g/mol. The number of hydrogen-bond acceptors (Lipinski definition) is 8. The largest absolute Gasteiger partial charge is 0.382 e. The lowest BCUT2D eigenvalue weighted by molar-refractivity contribution is -0.120. The molecule has 1 amide bonds. The van der Waals surface area contributed by atoms with Crippen LogP contribution in [-0.2, 0) is 9.53 Å². The summed E-state index contributed by atoms with van der Waals surface area (Å²) in [5.74, 6) is 0.0628. The van der Waals surface area contributed by atoms with Gasteiger partial charge in [0.2, 0.25) is 11.0 Å². The molecule has 9 heteroatoms. The van der Waals surface area contributed by atoms with E-state index in [9.17, 15) is 10.1 Å². The summed E-state index contributed by atoms with van der Waals surface area (Å²) in [5, 5.41) is 24.0. The van der Waals surface area contributed by atoms with Crippen molar-refractivity contribution in [1.82, 2.24) is 15.5 Å². The number of nitriles is 1. The van der Waals surface area contributed by atoms with Crippen LogP contribution in [0.4, 0.5) is 5.13 Å². The number of nitrogens with zero attached hydrogens (tertiary/aromatic N) is 3. The quantitative estimate of drug-likeness (QED) is 0.455. The van der Waals surface area contributed by atoms with E-state index in [1.807, 2.05) is 20.8 Å². The summed E-state index contributed by atoms with van der Waals surface area (Å²) in [5.41, 5.74) is -0.855. The highest BCUT2D eigenvalue weighted by Crippen LogP contribution is 2.25. The Balaban J connectivity index is 2.35. The summed E-state index contributed by atoms with van der Waals surface area (Å²) in [6.45, 7) is 9.74. The Labute approximate surface area is 151 Å². The van der Waals surface area contributed by atoms with Crippen molar-refractivity contribution in [3.63, 3.8) is 0 Å². The van der Waals surface area contributed by atoms with Crippen molar-refractivity contribution in [1.29, 1.82) is 5.26 Å². The minimum Gasteiger partial charge on any atom is -0.382 e. The molecule has 2 N–H and O–H groups in total. The predicted molar refractivity (Wildman–Crippen MR) is 97.2 cm³/mol. The molecule has 0 unspecified atom stereocenters. The van der Waals surface area contributed by atoms with Crippen molar-refractivity contribution in [2.45, 2.75) is 44.0 Å². The molecule has 0 aliphatic carbocycles. The first kappa shape index (κ1) is 20.7. The van der Waals surface area contributed by atoms with E-state index in [0.29, 0.717) is 0 Å². The van der Waals surface area contributed by atoms with Crippen LogP contribution in [0.2, 0.25) is 0 Å². The van der Waals surface area contributed by atoms with Crippen molar-refractivity contribution >= 4 is 34.1 Å². The van der Waals surface area contributed by atoms with E-state index in [-0.39, 0.29) is 17.6 Å². The van der Waals surface area contributed by atoms with Gasteiger partial charge in [-0.05, 0) is 26.2 Å². The maximum atomic E-state index is 12.0. The number of amides is 1. The highest BCUT2D eigenvalue weighted by atomic mass is 32.2. The van der Waals surface area contributed by atoms with Crippen LogP contribution in [0.3, 0.4) is 0 Å². The fourth-order valence-electron chi connectivity index (χ4n) is 1.61. The van der Waals surface area contributed by atoms with E-state index in [0.717, 1.165) is 35.7 Å². The van der Waals surface area contributed by atoms with Crippen molar-refractivity contribution in [3.8, 4) is 6.07 Å². The standard InChI is InChI=1S/C15H25N5O2S2/c1-5-22-8-6-7-17-13-19-20-14(24-13)23-9-12(21)18-15(4,10-16)11(2)3/h11H,5-9H2,1-4H3,(H,17,19)(H,18,21)/t15-/m0/s1. The minimum absolute atomic E-state index is 0.0328. The first-order valence-corrected chi connectivity index (χ1v) is 9.71. The molecule has 0 aliphatic heterocycles. The second kappa shape index (κ2) is 10.5. The van der Waals surface area contributed by atoms with Crippen LogP contribution in [0.25, 0.3) is 0 Å². The molecule has 134 valence electrons. The highest BCUT2D eigenvalue weighted by molar-refractivity contribution is 8.01. The second-order valence-corrected chi connectivity index (χ2v) is 7.86. The zero-order chi connectivity index (χ0) is 18.0. The average Bonchev–Trinajstić information content (AvgIpc) is 3.00. The van der Waals surface area contributed by atoms with Gasteiger partial charge in [0.05, 0.1) is 11.8 Å². The van der Waals surface area contributed by atoms with Gasteiger partial charge in [-0.15, -0.1) is 10.2 Å². The smallest absolute Gasteiger partial charge is 0.231 e. The molecule has 0 spiro atoms. The van der Waals surface area contributed by atoms with Crippen LogP contribution in [0.15, 0.2) is 4.34 Å². The van der Waals surface area contributed by atoms with Gasteiger partial charge in [-0.2, -0.15) is 5.26 Å². The Morgan fingerprint density at radius 3 is 2.88 bits per heavy atom. The lowest BCUT2D eigenvalue weighted by Gasteiger charge is -2.27. The Bertz CT molecular complexity index is 558. The lowest BCUT2D eigenvalue weighted by Crippen LogP contribution is -2.49. The van der Waals surface area contributed by atoms with Gasteiger partial charge in [0, 0.05) is 19.8 Å². The van der Waals surface area contributed by atoms with Crippen molar-refractivity contribution < 1.29 is 9.53 Å². The molecule has 0 bridgehead atoms. The van der Waals surface area contributed by atoms with E-state index in [2.05, 4.69) is 26.9 Å². The van der Waals surface area contributed by atoms with Crippen molar-refractivity contribution in [2.75, 3.05) is 30.8 Å². The summed E-state index contributed by atoms with van der Waals surface area (Å²) in [6.07, 6.45) is 0.903. The van der Waals surface area contributed by atoms with Crippen LogP contribution in [0, 0.1) is 17.2 Å². The monoisotopic (exact) mass is 371 g/mol. The number of carbonyl (C=O) groups excluding carboxylic acids is 1. The molecule has 0 radical (unpaired) electrons. The van der Waals surface area contributed by atoms with E-state index < -0.39 is 5.54 Å². The number of carbonyl (C=O) groups is 1. The molecule has 0 aromatic carbocycles. The predicted octanol–water partition coefficient (Wildman–Crippen LogP) is 2.52. The van der Waals surface area contributed by atoms with Gasteiger partial charge in [-0.3, -0.25) is 4.79 Å². The van der Waals surface area contributed by atoms with E-state index in [4.69, 9.17) is 4.74 Å². The molecule has 1 aromatic heterocycles. The zero-order valence-electron chi connectivity index (χ0n) is 14.6. The van der Waals surface area contributed by atoms with Crippen LogP contribution >= 0.6 is 23.1 Å². The number of aromatic nitrogens is 2. The molecular weight excluding hydrogens is 346 g/mol. The molecule has 1 atom stereocenters. The fourth-order valence-corrected chi connectivity index (χ4v) is 3.19. The van der Waals surface area contributed by atoms with Gasteiger partial charge < -0.3 is 15.4 Å². The third-order valence-electron chi connectivity index (χ3n) is 3.47. The Hall–Kier alpha value is -1.37. The van der Waals surface area contributed by atoms with Gasteiger partial charge in [0.1, 0.15) is 5.54 Å². The lowest BCUT2D eigenvalue weighted by atomic mass is 9.90. The number of anilines is 1. The third-order valence-corrected chi connectivity index (χ3v) is 5.48. The number of ether oxygens (including phenoxy) is 1. The molecule has 24 heavy (non-hydrogen) atoms. The molecule has 1 aromatic rings. The molecular formula is C15H25N5O2S2. The van der Waals surface area contributed by atoms with Gasteiger partial charge >= 0.3 is 0 Å². The first-order valence-electron chi connectivity index (χ1n) is 7.91. The van der Waals surface area contributed by atoms with Gasteiger partial charge in [0.25, 0.3) is 0 Å². The molecule has 0 saturated heterocycles. The van der Waals surface area contributed by atoms with Crippen LogP contribution < -0.4 is 10.6 Å². The van der Waals surface area contributed by atoms with Crippen LogP contribution in [-0.4, -0.2) is 47.2 Å². The van der Waals surface area contributed by atoms with Crippen LogP contribution in [0.5, 0.6) is 0 Å². The maximum Gasteiger partial charge on any atom is 0.231 e. The Morgan fingerprint density at radius 2 is 2.25 bits per heavy atom. The number of rotatable bonds is 11. The Kier molecular flexibility index (Phi) is 9.03. The summed E-state index contributed by atoms with van der Waals surface area (Å²) in [4.78, 5) is 12.0. The van der Waals surface area contributed by atoms with E-state index >= 15 is 0 Å². The normalized spacial score (nSPS) is 13.3. The first-order chi connectivity index (χ1) is 11.4. The number of nitrogens with one attached hydrogen (secondary N) is 2. The molecule has 1 rings (SSSR count). The van der Waals surface area contributed by atoms with Gasteiger partial charge in [0.15, 0.2) is 4.34 Å². The SMILES string of the molecule is CCOCCCNc1nnc(SCC(=O)N[C@@](C)(C#N)C(C)C)s1.